The molecule has 1 saturated heterocycles. The number of ether oxygens (including phenoxy) is 1. The first-order valence-corrected chi connectivity index (χ1v) is 10.4. The van der Waals surface area contributed by atoms with Crippen molar-refractivity contribution in [2.45, 2.75) is 0 Å². The first-order chi connectivity index (χ1) is 15.0. The maximum absolute atomic E-state index is 13.5. The van der Waals surface area contributed by atoms with Crippen LogP contribution >= 0.6 is 11.6 Å². The molecule has 1 aromatic heterocycles. The fourth-order valence-corrected chi connectivity index (χ4v) is 3.98. The van der Waals surface area contributed by atoms with Crippen molar-refractivity contribution in [2.75, 3.05) is 44.7 Å². The number of halogens is 1. The second-order valence-corrected chi connectivity index (χ2v) is 7.77. The molecule has 0 unspecified atom stereocenters. The van der Waals surface area contributed by atoms with Gasteiger partial charge in [0.05, 0.1) is 29.3 Å². The Morgan fingerprint density at radius 1 is 1.19 bits per heavy atom. The predicted octanol–water partition coefficient (Wildman–Crippen LogP) is 3.13. The van der Waals surface area contributed by atoms with Crippen LogP contribution in [0.25, 0.3) is 16.6 Å². The van der Waals surface area contributed by atoms with Gasteiger partial charge in [-0.25, -0.2) is 14.3 Å². The van der Waals surface area contributed by atoms with E-state index in [0.29, 0.717) is 46.2 Å². The maximum Gasteiger partial charge on any atom is 0.337 e. The van der Waals surface area contributed by atoms with Crippen LogP contribution in [-0.2, 0) is 4.74 Å². The van der Waals surface area contributed by atoms with Gasteiger partial charge in [0.15, 0.2) is 0 Å². The van der Waals surface area contributed by atoms with E-state index >= 15 is 0 Å². The van der Waals surface area contributed by atoms with E-state index in [1.807, 2.05) is 12.1 Å². The van der Waals surface area contributed by atoms with Gasteiger partial charge in [0, 0.05) is 37.7 Å². The van der Waals surface area contributed by atoms with E-state index in [0.717, 1.165) is 19.6 Å². The van der Waals surface area contributed by atoms with Gasteiger partial charge in [-0.1, -0.05) is 23.7 Å². The number of carbonyl (C=O) groups is 1. The smallest absolute Gasteiger partial charge is 0.337 e. The number of fused-ring (bicyclic) bond motifs is 1. The molecule has 2 heterocycles. The first kappa shape index (κ1) is 21.1. The molecule has 3 aromatic rings. The van der Waals surface area contributed by atoms with E-state index in [1.165, 1.54) is 7.11 Å². The summed E-state index contributed by atoms with van der Waals surface area (Å²) in [5.74, 6) is 0.0577. The third kappa shape index (κ3) is 4.19. The lowest BCUT2D eigenvalue weighted by atomic mass is 10.1. The highest BCUT2D eigenvalue weighted by atomic mass is 35.5. The summed E-state index contributed by atoms with van der Waals surface area (Å²) in [5.41, 5.74) is 1.23. The Balaban J connectivity index is 1.88. The molecule has 0 bridgehead atoms. The lowest BCUT2D eigenvalue weighted by Crippen LogP contribution is -2.48. The molecular formula is C23H23ClN4O3. The van der Waals surface area contributed by atoms with E-state index in [9.17, 15) is 9.59 Å². The zero-order valence-electron chi connectivity index (χ0n) is 17.3. The van der Waals surface area contributed by atoms with Gasteiger partial charge < -0.3 is 9.64 Å². The molecule has 4 rings (SSSR count). The Labute approximate surface area is 185 Å². The topological polar surface area (TPSA) is 67.7 Å². The van der Waals surface area contributed by atoms with Gasteiger partial charge in [-0.3, -0.25) is 9.69 Å². The number of rotatable bonds is 5. The summed E-state index contributed by atoms with van der Waals surface area (Å²) in [6.45, 7) is 7.71. The second-order valence-electron chi connectivity index (χ2n) is 7.33. The van der Waals surface area contributed by atoms with Crippen LogP contribution in [0.3, 0.4) is 0 Å². The Morgan fingerprint density at radius 3 is 2.65 bits per heavy atom. The number of piperazine rings is 1. The van der Waals surface area contributed by atoms with Crippen LogP contribution in [0.5, 0.6) is 0 Å². The number of anilines is 1. The summed E-state index contributed by atoms with van der Waals surface area (Å²) in [6, 6.07) is 11.9. The van der Waals surface area contributed by atoms with Gasteiger partial charge in [-0.15, -0.1) is 6.58 Å². The molecule has 1 fully saturated rings. The van der Waals surface area contributed by atoms with E-state index in [4.69, 9.17) is 21.3 Å². The predicted molar refractivity (Wildman–Crippen MR) is 123 cm³/mol. The highest BCUT2D eigenvalue weighted by Crippen LogP contribution is 2.23. The molecule has 31 heavy (non-hydrogen) atoms. The summed E-state index contributed by atoms with van der Waals surface area (Å²) >= 11 is 6.21. The van der Waals surface area contributed by atoms with Gasteiger partial charge in [0.2, 0.25) is 5.95 Å². The molecule has 0 spiro atoms. The summed E-state index contributed by atoms with van der Waals surface area (Å²) in [7, 11) is 1.32. The highest BCUT2D eigenvalue weighted by molar-refractivity contribution is 6.30. The second kappa shape index (κ2) is 8.91. The van der Waals surface area contributed by atoms with Crippen molar-refractivity contribution < 1.29 is 9.53 Å². The lowest BCUT2D eigenvalue weighted by molar-refractivity contribution is 0.0601. The van der Waals surface area contributed by atoms with Crippen molar-refractivity contribution in [3.8, 4) is 5.69 Å². The summed E-state index contributed by atoms with van der Waals surface area (Å²) in [5, 5.41) is 0.953. The molecule has 160 valence electrons. The van der Waals surface area contributed by atoms with Crippen LogP contribution in [0.2, 0.25) is 5.02 Å². The molecule has 0 aliphatic carbocycles. The van der Waals surface area contributed by atoms with Gasteiger partial charge in [-0.2, -0.15) is 0 Å². The van der Waals surface area contributed by atoms with Crippen molar-refractivity contribution in [3.63, 3.8) is 0 Å². The van der Waals surface area contributed by atoms with Crippen molar-refractivity contribution in [1.82, 2.24) is 14.5 Å². The fraction of sp³-hybridized carbons (Fsp3) is 0.261. The fourth-order valence-electron chi connectivity index (χ4n) is 3.79. The van der Waals surface area contributed by atoms with Crippen LogP contribution in [0.1, 0.15) is 10.4 Å². The molecule has 1 aliphatic rings. The van der Waals surface area contributed by atoms with Crippen LogP contribution in [0.15, 0.2) is 59.9 Å². The van der Waals surface area contributed by atoms with E-state index in [1.54, 1.807) is 41.0 Å². The number of esters is 1. The molecule has 0 atom stereocenters. The van der Waals surface area contributed by atoms with Crippen molar-refractivity contribution in [1.29, 1.82) is 0 Å². The first-order valence-electron chi connectivity index (χ1n) is 10.0. The minimum atomic E-state index is -0.470. The van der Waals surface area contributed by atoms with Crippen molar-refractivity contribution in [2.24, 2.45) is 0 Å². The van der Waals surface area contributed by atoms with Crippen molar-refractivity contribution in [3.05, 3.63) is 76.1 Å². The number of hydrogen-bond acceptors (Lipinski definition) is 6. The Bertz CT molecular complexity index is 1200. The summed E-state index contributed by atoms with van der Waals surface area (Å²) < 4.78 is 6.41. The largest absolute Gasteiger partial charge is 0.465 e. The van der Waals surface area contributed by atoms with E-state index in [-0.39, 0.29) is 5.56 Å². The summed E-state index contributed by atoms with van der Waals surface area (Å²) in [4.78, 5) is 34.7. The molecule has 7 nitrogen and oxygen atoms in total. The van der Waals surface area contributed by atoms with Crippen molar-refractivity contribution >= 4 is 34.4 Å². The minimum absolute atomic E-state index is 0.216. The van der Waals surface area contributed by atoms with Crippen LogP contribution < -0.4 is 10.5 Å². The quantitative estimate of drug-likeness (QED) is 0.450. The average molecular weight is 439 g/mol. The van der Waals surface area contributed by atoms with Crippen LogP contribution in [0, 0.1) is 0 Å². The number of carbonyl (C=O) groups excluding carboxylic acids is 1. The molecule has 1 aliphatic heterocycles. The van der Waals surface area contributed by atoms with E-state index in [2.05, 4.69) is 16.4 Å². The zero-order chi connectivity index (χ0) is 22.0. The molecule has 0 N–H and O–H groups in total. The van der Waals surface area contributed by atoms with Gasteiger partial charge in [-0.05, 0) is 36.4 Å². The number of methoxy groups -OCH3 is 1. The monoisotopic (exact) mass is 438 g/mol. The highest BCUT2D eigenvalue weighted by Gasteiger charge is 2.23. The zero-order valence-corrected chi connectivity index (χ0v) is 18.0. The Hall–Kier alpha value is -3.16. The third-order valence-corrected chi connectivity index (χ3v) is 5.62. The van der Waals surface area contributed by atoms with Crippen LogP contribution in [-0.4, -0.2) is 60.3 Å². The summed E-state index contributed by atoms with van der Waals surface area (Å²) in [6.07, 6.45) is 1.89. The van der Waals surface area contributed by atoms with Gasteiger partial charge in [0.25, 0.3) is 5.56 Å². The molecule has 0 radical (unpaired) electrons. The molecule has 0 amide bonds. The number of nitrogens with zero attached hydrogens (tertiary/aromatic N) is 4. The SMILES string of the molecule is C=CCN1CCN(c2nc3cc(C(=O)OC)ccc3c(=O)n2-c2cccc(Cl)c2)CC1. The maximum atomic E-state index is 13.5. The van der Waals surface area contributed by atoms with E-state index < -0.39 is 5.97 Å². The number of aromatic nitrogens is 2. The standard InChI is InChI=1S/C23H23ClN4O3/c1-3-9-26-10-12-27(13-11-26)23-25-20-14-16(22(30)31-2)7-8-19(20)21(29)28(23)18-6-4-5-17(24)15-18/h3-8,14-15H,1,9-13H2,2H3. The minimum Gasteiger partial charge on any atom is -0.465 e. The Kier molecular flexibility index (Phi) is 6.06. The normalized spacial score (nSPS) is 14.6. The van der Waals surface area contributed by atoms with Gasteiger partial charge >= 0.3 is 5.97 Å². The lowest BCUT2D eigenvalue weighted by Gasteiger charge is -2.35. The number of benzene rings is 2. The Morgan fingerprint density at radius 2 is 1.97 bits per heavy atom. The van der Waals surface area contributed by atoms with Crippen LogP contribution in [0.4, 0.5) is 5.95 Å². The molecule has 0 saturated carbocycles. The third-order valence-electron chi connectivity index (χ3n) is 5.38. The van der Waals surface area contributed by atoms with Gasteiger partial charge in [0.1, 0.15) is 0 Å². The molecular weight excluding hydrogens is 416 g/mol. The molecule has 8 heteroatoms. The average Bonchev–Trinajstić information content (AvgIpc) is 2.79. The molecule has 2 aromatic carbocycles. The number of hydrogen-bond donors (Lipinski definition) is 0.